The normalized spacial score (nSPS) is 11.6. The Morgan fingerprint density at radius 1 is 1.86 bits per heavy atom. The summed E-state index contributed by atoms with van der Waals surface area (Å²) in [5.74, 6) is 4.98. The van der Waals surface area contributed by atoms with Crippen molar-refractivity contribution in [3.63, 3.8) is 0 Å². The molecule has 2 nitrogen and oxygen atoms in total. The molecule has 0 aliphatic rings. The Morgan fingerprint density at radius 3 is 2.57 bits per heavy atom. The molecule has 0 spiro atoms. The molecule has 0 atom stereocenters. The third kappa shape index (κ3) is 3.33. The van der Waals surface area contributed by atoms with Crippen molar-refractivity contribution in [1.82, 2.24) is 5.43 Å². The van der Waals surface area contributed by atoms with Crippen LogP contribution in [0, 0.1) is 0 Å². The van der Waals surface area contributed by atoms with Crippen LogP contribution in [-0.4, -0.2) is 0 Å². The van der Waals surface area contributed by atoms with Crippen molar-refractivity contribution in [2.75, 3.05) is 0 Å². The Hall–Kier alpha value is -0.500. The lowest BCUT2D eigenvalue weighted by Crippen LogP contribution is -2.13. The van der Waals surface area contributed by atoms with E-state index in [0.717, 1.165) is 6.42 Å². The average molecular weight is 100 g/mol. The fourth-order valence-electron chi connectivity index (χ4n) is 0.244. The lowest BCUT2D eigenvalue weighted by molar-refractivity contribution is 0.929. The first-order chi connectivity index (χ1) is 3.31. The summed E-state index contributed by atoms with van der Waals surface area (Å²) in [6.07, 6.45) is 2.85. The van der Waals surface area contributed by atoms with E-state index in [0.29, 0.717) is 0 Å². The summed E-state index contributed by atoms with van der Waals surface area (Å²) in [4.78, 5) is 0. The predicted molar refractivity (Wildman–Crippen MR) is 31.4 cm³/mol. The van der Waals surface area contributed by atoms with E-state index in [-0.39, 0.29) is 0 Å². The predicted octanol–water partition coefficient (Wildman–Crippen LogP) is 0.764. The van der Waals surface area contributed by atoms with Gasteiger partial charge in [0.25, 0.3) is 0 Å². The largest absolute Gasteiger partial charge is 0.331 e. The van der Waals surface area contributed by atoms with Gasteiger partial charge >= 0.3 is 0 Å². The van der Waals surface area contributed by atoms with Crippen LogP contribution in [-0.2, 0) is 0 Å². The summed E-state index contributed by atoms with van der Waals surface area (Å²) in [6.45, 7) is 4.11. The lowest BCUT2D eigenvalue weighted by atomic mass is 10.3. The van der Waals surface area contributed by atoms with Crippen molar-refractivity contribution in [3.8, 4) is 0 Å². The Labute approximate surface area is 44.4 Å². The summed E-state index contributed by atoms with van der Waals surface area (Å²) in [5.41, 5.74) is 3.72. The number of hydrogen-bond acceptors (Lipinski definition) is 2. The highest BCUT2D eigenvalue weighted by molar-refractivity contribution is 4.93. The van der Waals surface area contributed by atoms with E-state index in [1.165, 1.54) is 5.57 Å². The molecular formula is C5H12N2. The van der Waals surface area contributed by atoms with Gasteiger partial charge in [-0.05, 0) is 13.3 Å². The van der Waals surface area contributed by atoms with Gasteiger partial charge in [-0.15, -0.1) is 0 Å². The maximum Gasteiger partial charge on any atom is 0.0112 e. The Kier molecular flexibility index (Phi) is 3.42. The molecule has 0 aliphatic heterocycles. The van der Waals surface area contributed by atoms with Gasteiger partial charge in [0, 0.05) is 6.20 Å². The van der Waals surface area contributed by atoms with E-state index >= 15 is 0 Å². The van der Waals surface area contributed by atoms with Crippen LogP contribution in [0.1, 0.15) is 20.3 Å². The molecule has 0 heterocycles. The summed E-state index contributed by atoms with van der Waals surface area (Å²) < 4.78 is 0. The average Bonchev–Trinajstić information content (AvgIpc) is 1.68. The van der Waals surface area contributed by atoms with Crippen LogP contribution in [0.3, 0.4) is 0 Å². The second-order valence-electron chi connectivity index (χ2n) is 1.51. The van der Waals surface area contributed by atoms with Crippen LogP contribution in [0.25, 0.3) is 0 Å². The first-order valence-electron chi connectivity index (χ1n) is 2.43. The number of nitrogens with two attached hydrogens (primary N) is 1. The number of nitrogens with one attached hydrogen (secondary N) is 1. The molecule has 42 valence electrons. The van der Waals surface area contributed by atoms with Crippen LogP contribution in [0.2, 0.25) is 0 Å². The van der Waals surface area contributed by atoms with Gasteiger partial charge in [-0.1, -0.05) is 12.5 Å². The molecule has 0 radical (unpaired) electrons. The highest BCUT2D eigenvalue weighted by Gasteiger charge is 1.76. The van der Waals surface area contributed by atoms with Crippen LogP contribution in [0.5, 0.6) is 0 Å². The molecule has 0 unspecified atom stereocenters. The molecule has 0 fully saturated rings. The van der Waals surface area contributed by atoms with E-state index < -0.39 is 0 Å². The van der Waals surface area contributed by atoms with Crippen molar-refractivity contribution in [2.24, 2.45) is 5.84 Å². The maximum atomic E-state index is 4.98. The summed E-state index contributed by atoms with van der Waals surface area (Å²) >= 11 is 0. The summed E-state index contributed by atoms with van der Waals surface area (Å²) in [6, 6.07) is 0. The molecule has 3 N–H and O–H groups in total. The van der Waals surface area contributed by atoms with Gasteiger partial charge in [-0.3, -0.25) is 5.84 Å². The van der Waals surface area contributed by atoms with Crippen molar-refractivity contribution >= 4 is 0 Å². The fourth-order valence-corrected chi connectivity index (χ4v) is 0.244. The maximum absolute atomic E-state index is 4.98. The molecule has 0 rings (SSSR count). The highest BCUT2D eigenvalue weighted by Crippen LogP contribution is 1.92. The lowest BCUT2D eigenvalue weighted by Gasteiger charge is -1.91. The molecule has 0 saturated carbocycles. The minimum Gasteiger partial charge on any atom is -0.331 e. The molecule has 7 heavy (non-hydrogen) atoms. The molecule has 0 bridgehead atoms. The highest BCUT2D eigenvalue weighted by atomic mass is 15.2. The zero-order valence-corrected chi connectivity index (χ0v) is 4.86. The van der Waals surface area contributed by atoms with Gasteiger partial charge in [0.05, 0.1) is 0 Å². The zero-order chi connectivity index (χ0) is 5.70. The third-order valence-electron chi connectivity index (χ3n) is 0.887. The van der Waals surface area contributed by atoms with Gasteiger partial charge in [0.15, 0.2) is 0 Å². The molecular weight excluding hydrogens is 88.1 g/mol. The number of allylic oxidation sites excluding steroid dienone is 1. The second-order valence-corrected chi connectivity index (χ2v) is 1.51. The monoisotopic (exact) mass is 100 g/mol. The van der Waals surface area contributed by atoms with Crippen LogP contribution in [0.4, 0.5) is 0 Å². The van der Waals surface area contributed by atoms with Crippen molar-refractivity contribution in [1.29, 1.82) is 0 Å². The minimum absolute atomic E-state index is 1.06. The smallest absolute Gasteiger partial charge is 0.0112 e. The number of hydrogen-bond donors (Lipinski definition) is 2. The van der Waals surface area contributed by atoms with Gasteiger partial charge in [-0.2, -0.15) is 0 Å². The number of rotatable bonds is 2. The van der Waals surface area contributed by atoms with E-state index in [2.05, 4.69) is 12.3 Å². The fraction of sp³-hybridized carbons (Fsp3) is 0.600. The van der Waals surface area contributed by atoms with Crippen molar-refractivity contribution in [2.45, 2.75) is 20.3 Å². The Balaban J connectivity index is 3.29. The topological polar surface area (TPSA) is 38.0 Å². The van der Waals surface area contributed by atoms with E-state index in [9.17, 15) is 0 Å². The second kappa shape index (κ2) is 3.68. The molecule has 2 heteroatoms. The number of hydrazine groups is 1. The molecule has 0 aromatic rings. The van der Waals surface area contributed by atoms with Gasteiger partial charge in [0.1, 0.15) is 0 Å². The zero-order valence-electron chi connectivity index (χ0n) is 4.86. The molecule has 0 amide bonds. The van der Waals surface area contributed by atoms with E-state index in [1.807, 2.05) is 6.92 Å². The van der Waals surface area contributed by atoms with Crippen LogP contribution in [0.15, 0.2) is 11.8 Å². The molecule has 0 aromatic carbocycles. The first-order valence-corrected chi connectivity index (χ1v) is 2.43. The van der Waals surface area contributed by atoms with Gasteiger partial charge < -0.3 is 5.43 Å². The van der Waals surface area contributed by atoms with Crippen LogP contribution >= 0.6 is 0 Å². The van der Waals surface area contributed by atoms with E-state index in [1.54, 1.807) is 6.20 Å². The minimum atomic E-state index is 1.06. The molecule has 0 aliphatic carbocycles. The van der Waals surface area contributed by atoms with Crippen molar-refractivity contribution in [3.05, 3.63) is 11.8 Å². The van der Waals surface area contributed by atoms with Crippen molar-refractivity contribution < 1.29 is 0 Å². The van der Waals surface area contributed by atoms with Crippen LogP contribution < -0.4 is 11.3 Å². The third-order valence-corrected chi connectivity index (χ3v) is 0.887. The summed E-state index contributed by atoms with van der Waals surface area (Å²) in [7, 11) is 0. The van der Waals surface area contributed by atoms with Gasteiger partial charge in [-0.25, -0.2) is 0 Å². The molecule has 0 saturated heterocycles. The Morgan fingerprint density at radius 2 is 2.43 bits per heavy atom. The van der Waals surface area contributed by atoms with Gasteiger partial charge in [0.2, 0.25) is 0 Å². The van der Waals surface area contributed by atoms with E-state index in [4.69, 9.17) is 5.84 Å². The standard InChI is InChI=1S/C5H12N2/c1-3-5(2)4-7-6/h4,7H,3,6H2,1-2H3/b5-4-. The first kappa shape index (κ1) is 6.50. The summed E-state index contributed by atoms with van der Waals surface area (Å²) in [5, 5.41) is 0. The quantitative estimate of drug-likeness (QED) is 0.397. The Bertz CT molecular complexity index is 66.5. The molecule has 0 aromatic heterocycles. The SMILES string of the molecule is CC/C(C)=C\NN.